The second kappa shape index (κ2) is 11.9. The van der Waals surface area contributed by atoms with E-state index < -0.39 is 11.8 Å². The third kappa shape index (κ3) is 5.79. The molecule has 0 N–H and O–H groups in total. The van der Waals surface area contributed by atoms with Crippen LogP contribution in [0.15, 0.2) is 84.4 Å². The molecule has 1 aromatic heterocycles. The highest BCUT2D eigenvalue weighted by Crippen LogP contribution is 2.30. The van der Waals surface area contributed by atoms with Crippen LogP contribution in [0, 0.1) is 13.8 Å². The summed E-state index contributed by atoms with van der Waals surface area (Å²) in [5.74, 6) is -0.150. The van der Waals surface area contributed by atoms with Gasteiger partial charge in [-0.1, -0.05) is 35.3 Å². The van der Waals surface area contributed by atoms with Crippen LogP contribution in [0.4, 0.5) is 5.69 Å². The number of rotatable bonds is 7. The molecule has 4 aromatic rings. The Morgan fingerprint density at radius 1 is 0.829 bits per heavy atom. The van der Waals surface area contributed by atoms with Crippen molar-refractivity contribution in [1.29, 1.82) is 0 Å². The molecule has 0 aliphatic carbocycles. The lowest BCUT2D eigenvalue weighted by atomic mass is 10.1. The van der Waals surface area contributed by atoms with Crippen molar-refractivity contribution >= 4 is 64.1 Å². The second-order valence-electron chi connectivity index (χ2n) is 9.58. The zero-order valence-electron chi connectivity index (χ0n) is 22.7. The van der Waals surface area contributed by atoms with E-state index in [0.717, 1.165) is 34.0 Å². The number of thiocarbonyl (C=S) groups is 1. The standard InChI is InChI=1S/C32H27Cl2N3O3S/c1-4-35-30(38)29(31(39)37(32(35)41)27-11-9-25(34)10-12-27)18-23-17-20(2)36(21(23)3)26-13-15-28(16-14-26)40-19-22-5-7-24(33)8-6-22/h5-18H,4,19H2,1-3H3/b29-18+. The number of amides is 2. The maximum Gasteiger partial charge on any atom is 0.270 e. The first kappa shape index (κ1) is 28.6. The Labute approximate surface area is 254 Å². The molecule has 3 aromatic carbocycles. The third-order valence-electron chi connectivity index (χ3n) is 6.92. The van der Waals surface area contributed by atoms with Crippen molar-refractivity contribution < 1.29 is 14.3 Å². The van der Waals surface area contributed by atoms with Gasteiger partial charge in [-0.3, -0.25) is 19.4 Å². The fraction of sp³-hybridized carbons (Fsp3) is 0.156. The number of aromatic nitrogens is 1. The van der Waals surface area contributed by atoms with Gasteiger partial charge in [-0.15, -0.1) is 0 Å². The number of carbonyl (C=O) groups is 2. The third-order valence-corrected chi connectivity index (χ3v) is 7.82. The van der Waals surface area contributed by atoms with Gasteiger partial charge in [0.05, 0.1) is 5.69 Å². The molecule has 1 aliphatic rings. The number of hydrogen-bond donors (Lipinski definition) is 0. The average molecular weight is 605 g/mol. The van der Waals surface area contributed by atoms with Gasteiger partial charge in [-0.25, -0.2) is 0 Å². The monoisotopic (exact) mass is 603 g/mol. The van der Waals surface area contributed by atoms with Crippen LogP contribution in [0.5, 0.6) is 5.75 Å². The van der Waals surface area contributed by atoms with Crippen LogP contribution in [0.3, 0.4) is 0 Å². The van der Waals surface area contributed by atoms with E-state index in [0.29, 0.717) is 28.9 Å². The van der Waals surface area contributed by atoms with Gasteiger partial charge in [0.2, 0.25) is 0 Å². The van der Waals surface area contributed by atoms with E-state index in [1.807, 2.05) is 75.4 Å². The van der Waals surface area contributed by atoms with E-state index >= 15 is 0 Å². The summed E-state index contributed by atoms with van der Waals surface area (Å²) in [6, 6.07) is 24.1. The number of aryl methyl sites for hydroxylation is 1. The van der Waals surface area contributed by atoms with Gasteiger partial charge in [0, 0.05) is 33.7 Å². The molecule has 2 amide bonds. The molecule has 1 fully saturated rings. The van der Waals surface area contributed by atoms with Gasteiger partial charge in [-0.05, 0) is 117 Å². The maximum absolute atomic E-state index is 13.7. The molecule has 41 heavy (non-hydrogen) atoms. The molecule has 2 heterocycles. The summed E-state index contributed by atoms with van der Waals surface area (Å²) in [4.78, 5) is 29.8. The Morgan fingerprint density at radius 2 is 1.41 bits per heavy atom. The Morgan fingerprint density at radius 3 is 2.02 bits per heavy atom. The van der Waals surface area contributed by atoms with Crippen molar-refractivity contribution in [3.8, 4) is 11.4 Å². The predicted molar refractivity (Wildman–Crippen MR) is 168 cm³/mol. The van der Waals surface area contributed by atoms with Gasteiger partial charge in [0.25, 0.3) is 11.8 Å². The quantitative estimate of drug-likeness (QED) is 0.124. The fourth-order valence-corrected chi connectivity index (χ4v) is 5.45. The predicted octanol–water partition coefficient (Wildman–Crippen LogP) is 7.54. The lowest BCUT2D eigenvalue weighted by Gasteiger charge is -2.36. The van der Waals surface area contributed by atoms with E-state index in [2.05, 4.69) is 4.57 Å². The summed E-state index contributed by atoms with van der Waals surface area (Å²) in [6.45, 7) is 6.53. The van der Waals surface area contributed by atoms with Crippen molar-refractivity contribution in [3.63, 3.8) is 0 Å². The van der Waals surface area contributed by atoms with Crippen molar-refractivity contribution in [2.45, 2.75) is 27.4 Å². The van der Waals surface area contributed by atoms with Crippen LogP contribution in [-0.4, -0.2) is 32.9 Å². The lowest BCUT2D eigenvalue weighted by Crippen LogP contribution is -2.56. The molecule has 0 atom stereocenters. The molecule has 1 saturated heterocycles. The van der Waals surface area contributed by atoms with Gasteiger partial charge in [0.15, 0.2) is 5.11 Å². The number of benzene rings is 3. The van der Waals surface area contributed by atoms with Crippen molar-refractivity contribution in [2.24, 2.45) is 0 Å². The number of carbonyl (C=O) groups excluding carboxylic acids is 2. The normalized spacial score (nSPS) is 14.8. The molecule has 0 unspecified atom stereocenters. The molecule has 5 rings (SSSR count). The van der Waals surface area contributed by atoms with Crippen LogP contribution in [0.25, 0.3) is 11.8 Å². The zero-order chi connectivity index (χ0) is 29.3. The molecular formula is C32H27Cl2N3O3S. The Balaban J connectivity index is 1.43. The van der Waals surface area contributed by atoms with Gasteiger partial charge in [-0.2, -0.15) is 0 Å². The molecule has 6 nitrogen and oxygen atoms in total. The van der Waals surface area contributed by atoms with Crippen LogP contribution in [-0.2, 0) is 16.2 Å². The summed E-state index contributed by atoms with van der Waals surface area (Å²) in [5, 5.41) is 1.37. The maximum atomic E-state index is 13.7. The zero-order valence-corrected chi connectivity index (χ0v) is 25.1. The van der Waals surface area contributed by atoms with E-state index in [-0.39, 0.29) is 10.7 Å². The average Bonchev–Trinajstić information content (AvgIpc) is 3.24. The SMILES string of the molecule is CCN1C(=O)/C(=C\c2cc(C)n(-c3ccc(OCc4ccc(Cl)cc4)cc3)c2C)C(=O)N(c2ccc(Cl)cc2)C1=S. The number of ether oxygens (including phenoxy) is 1. The Hall–Kier alpha value is -3.91. The topological polar surface area (TPSA) is 54.8 Å². The number of likely N-dealkylation sites (N-methyl/N-ethyl adjacent to an activating group) is 1. The van der Waals surface area contributed by atoms with Crippen LogP contribution in [0.2, 0.25) is 10.0 Å². The van der Waals surface area contributed by atoms with E-state index in [9.17, 15) is 9.59 Å². The first-order valence-electron chi connectivity index (χ1n) is 13.0. The summed E-state index contributed by atoms with van der Waals surface area (Å²) in [5.41, 5.74) is 5.16. The number of hydrogen-bond acceptors (Lipinski definition) is 4. The van der Waals surface area contributed by atoms with E-state index in [4.69, 9.17) is 40.2 Å². The molecule has 0 bridgehead atoms. The summed E-state index contributed by atoms with van der Waals surface area (Å²) < 4.78 is 8.01. The second-order valence-corrected chi connectivity index (χ2v) is 10.8. The molecule has 9 heteroatoms. The minimum absolute atomic E-state index is 0.0431. The molecule has 1 aliphatic heterocycles. The number of nitrogens with zero attached hydrogens (tertiary/aromatic N) is 3. The highest BCUT2D eigenvalue weighted by molar-refractivity contribution is 7.80. The van der Waals surface area contributed by atoms with Crippen LogP contribution < -0.4 is 9.64 Å². The van der Waals surface area contributed by atoms with Crippen molar-refractivity contribution in [2.75, 3.05) is 11.4 Å². The molecule has 208 valence electrons. The molecular weight excluding hydrogens is 577 g/mol. The summed E-state index contributed by atoms with van der Waals surface area (Å²) >= 11 is 17.6. The fourth-order valence-electron chi connectivity index (χ4n) is 4.80. The van der Waals surface area contributed by atoms with Gasteiger partial charge < -0.3 is 9.30 Å². The van der Waals surface area contributed by atoms with Crippen molar-refractivity contribution in [1.82, 2.24) is 9.47 Å². The van der Waals surface area contributed by atoms with Crippen LogP contribution in [0.1, 0.15) is 29.4 Å². The largest absolute Gasteiger partial charge is 0.489 e. The highest BCUT2D eigenvalue weighted by atomic mass is 35.5. The summed E-state index contributed by atoms with van der Waals surface area (Å²) in [6.07, 6.45) is 1.65. The lowest BCUT2D eigenvalue weighted by molar-refractivity contribution is -0.127. The first-order chi connectivity index (χ1) is 19.7. The number of anilines is 1. The van der Waals surface area contributed by atoms with E-state index in [1.54, 1.807) is 30.3 Å². The minimum Gasteiger partial charge on any atom is -0.489 e. The van der Waals surface area contributed by atoms with E-state index in [1.165, 1.54) is 9.80 Å². The highest BCUT2D eigenvalue weighted by Gasteiger charge is 2.39. The smallest absolute Gasteiger partial charge is 0.270 e. The minimum atomic E-state index is -0.473. The van der Waals surface area contributed by atoms with Crippen molar-refractivity contribution in [3.05, 3.63) is 117 Å². The first-order valence-corrected chi connectivity index (χ1v) is 14.2. The Kier molecular flexibility index (Phi) is 8.31. The van der Waals surface area contributed by atoms with Gasteiger partial charge in [0.1, 0.15) is 17.9 Å². The molecule has 0 saturated carbocycles. The number of halogens is 2. The molecule has 0 radical (unpaired) electrons. The van der Waals surface area contributed by atoms with Gasteiger partial charge >= 0.3 is 0 Å². The van der Waals surface area contributed by atoms with Crippen LogP contribution >= 0.6 is 35.4 Å². The molecule has 0 spiro atoms. The summed E-state index contributed by atoms with van der Waals surface area (Å²) in [7, 11) is 0. The Bertz CT molecular complexity index is 1660.